The van der Waals surface area contributed by atoms with E-state index in [1.54, 1.807) is 0 Å². The lowest BCUT2D eigenvalue weighted by molar-refractivity contribution is 0.340. The molecular weight excluding hydrogens is 174 g/mol. The number of hydrogen-bond acceptors (Lipinski definition) is 2. The van der Waals surface area contributed by atoms with Crippen molar-refractivity contribution >= 4 is 5.69 Å². The van der Waals surface area contributed by atoms with Gasteiger partial charge in [0.25, 0.3) is 0 Å². The van der Waals surface area contributed by atoms with Crippen molar-refractivity contribution in [1.29, 1.82) is 0 Å². The molecule has 0 bridgehead atoms. The minimum absolute atomic E-state index is 0.668. The topological polar surface area (TPSA) is 21.3 Å². The highest BCUT2D eigenvalue weighted by Gasteiger charge is 1.95. The SMILES string of the molecule is CCOc1ccc(NCC(C)C)cc1. The van der Waals surface area contributed by atoms with Crippen LogP contribution in [0.2, 0.25) is 0 Å². The summed E-state index contributed by atoms with van der Waals surface area (Å²) in [5, 5.41) is 3.36. The molecule has 0 radical (unpaired) electrons. The van der Waals surface area contributed by atoms with Crippen molar-refractivity contribution in [2.45, 2.75) is 20.8 Å². The molecule has 0 heterocycles. The van der Waals surface area contributed by atoms with Crippen molar-refractivity contribution in [2.75, 3.05) is 18.5 Å². The van der Waals surface area contributed by atoms with Gasteiger partial charge in [-0.2, -0.15) is 0 Å². The Morgan fingerprint density at radius 1 is 1.21 bits per heavy atom. The third kappa shape index (κ3) is 3.69. The maximum Gasteiger partial charge on any atom is 0.119 e. The van der Waals surface area contributed by atoms with Gasteiger partial charge < -0.3 is 10.1 Å². The van der Waals surface area contributed by atoms with E-state index < -0.39 is 0 Å². The molecule has 2 heteroatoms. The number of benzene rings is 1. The first kappa shape index (κ1) is 10.9. The van der Waals surface area contributed by atoms with Crippen LogP contribution in [-0.2, 0) is 0 Å². The number of ether oxygens (including phenoxy) is 1. The zero-order valence-corrected chi connectivity index (χ0v) is 9.21. The van der Waals surface area contributed by atoms with E-state index in [1.165, 1.54) is 0 Å². The zero-order chi connectivity index (χ0) is 10.4. The molecular formula is C12H19NO. The fraction of sp³-hybridized carbons (Fsp3) is 0.500. The number of anilines is 1. The van der Waals surface area contributed by atoms with Crippen LogP contribution in [0.5, 0.6) is 5.75 Å². The van der Waals surface area contributed by atoms with Crippen molar-refractivity contribution in [2.24, 2.45) is 5.92 Å². The second-order valence-electron chi connectivity index (χ2n) is 3.73. The first-order valence-corrected chi connectivity index (χ1v) is 5.19. The first-order valence-electron chi connectivity index (χ1n) is 5.19. The highest BCUT2D eigenvalue weighted by molar-refractivity contribution is 5.46. The Labute approximate surface area is 86.3 Å². The van der Waals surface area contributed by atoms with E-state index in [0.717, 1.165) is 24.6 Å². The molecule has 0 aliphatic carbocycles. The average Bonchev–Trinajstić information content (AvgIpc) is 2.17. The van der Waals surface area contributed by atoms with Crippen LogP contribution >= 0.6 is 0 Å². The van der Waals surface area contributed by atoms with Crippen molar-refractivity contribution in [1.82, 2.24) is 0 Å². The summed E-state index contributed by atoms with van der Waals surface area (Å²) in [7, 11) is 0. The number of rotatable bonds is 5. The summed E-state index contributed by atoms with van der Waals surface area (Å²) in [4.78, 5) is 0. The van der Waals surface area contributed by atoms with Gasteiger partial charge in [0.2, 0.25) is 0 Å². The first-order chi connectivity index (χ1) is 6.72. The predicted molar refractivity (Wildman–Crippen MR) is 60.9 cm³/mol. The van der Waals surface area contributed by atoms with Crippen LogP contribution in [0.4, 0.5) is 5.69 Å². The van der Waals surface area contributed by atoms with E-state index in [2.05, 4.69) is 19.2 Å². The molecule has 1 N–H and O–H groups in total. The molecule has 1 aromatic carbocycles. The molecule has 78 valence electrons. The van der Waals surface area contributed by atoms with Crippen LogP contribution in [0.25, 0.3) is 0 Å². The van der Waals surface area contributed by atoms with Crippen molar-refractivity contribution in [3.05, 3.63) is 24.3 Å². The summed E-state index contributed by atoms with van der Waals surface area (Å²) in [5.41, 5.74) is 1.15. The molecule has 0 saturated heterocycles. The van der Waals surface area contributed by atoms with Gasteiger partial charge >= 0.3 is 0 Å². The number of nitrogens with one attached hydrogen (secondary N) is 1. The Hall–Kier alpha value is -1.18. The van der Waals surface area contributed by atoms with Gasteiger partial charge in [0.05, 0.1) is 6.61 Å². The van der Waals surface area contributed by atoms with Gasteiger partial charge in [-0.15, -0.1) is 0 Å². The third-order valence-corrected chi connectivity index (χ3v) is 1.88. The van der Waals surface area contributed by atoms with Crippen LogP contribution < -0.4 is 10.1 Å². The third-order valence-electron chi connectivity index (χ3n) is 1.88. The molecule has 2 nitrogen and oxygen atoms in total. The Balaban J connectivity index is 2.46. The van der Waals surface area contributed by atoms with Crippen LogP contribution in [0.1, 0.15) is 20.8 Å². The van der Waals surface area contributed by atoms with Gasteiger partial charge in [-0.05, 0) is 37.1 Å². The Kier molecular flexibility index (Phi) is 4.30. The maximum atomic E-state index is 5.36. The minimum atomic E-state index is 0.668. The summed E-state index contributed by atoms with van der Waals surface area (Å²) in [5.74, 6) is 1.60. The van der Waals surface area contributed by atoms with Crippen molar-refractivity contribution in [3.8, 4) is 5.75 Å². The van der Waals surface area contributed by atoms with Crippen LogP contribution in [0, 0.1) is 5.92 Å². The van der Waals surface area contributed by atoms with Gasteiger partial charge in [-0.25, -0.2) is 0 Å². The molecule has 1 rings (SSSR count). The fourth-order valence-electron chi connectivity index (χ4n) is 1.16. The lowest BCUT2D eigenvalue weighted by Gasteiger charge is -2.09. The van der Waals surface area contributed by atoms with Crippen molar-refractivity contribution < 1.29 is 4.74 Å². The monoisotopic (exact) mass is 193 g/mol. The Bertz CT molecular complexity index is 254. The maximum absolute atomic E-state index is 5.36. The highest BCUT2D eigenvalue weighted by atomic mass is 16.5. The largest absolute Gasteiger partial charge is 0.494 e. The van der Waals surface area contributed by atoms with Gasteiger partial charge in [-0.3, -0.25) is 0 Å². The standard InChI is InChI=1S/C12H19NO/c1-4-14-12-7-5-11(6-8-12)13-9-10(2)3/h5-8,10,13H,4,9H2,1-3H3. The molecule has 0 aromatic heterocycles. The van der Waals surface area contributed by atoms with Gasteiger partial charge in [0, 0.05) is 12.2 Å². The summed E-state index contributed by atoms with van der Waals surface area (Å²) in [6, 6.07) is 8.08. The second kappa shape index (κ2) is 5.53. The molecule has 0 saturated carbocycles. The van der Waals surface area contributed by atoms with E-state index in [9.17, 15) is 0 Å². The summed E-state index contributed by atoms with van der Waals surface area (Å²) in [6.07, 6.45) is 0. The quantitative estimate of drug-likeness (QED) is 0.775. The second-order valence-corrected chi connectivity index (χ2v) is 3.73. The van der Waals surface area contributed by atoms with E-state index in [0.29, 0.717) is 5.92 Å². The predicted octanol–water partition coefficient (Wildman–Crippen LogP) is 3.15. The molecule has 1 aromatic rings. The van der Waals surface area contributed by atoms with Gasteiger partial charge in [0.1, 0.15) is 5.75 Å². The number of hydrogen-bond donors (Lipinski definition) is 1. The fourth-order valence-corrected chi connectivity index (χ4v) is 1.16. The van der Waals surface area contributed by atoms with E-state index in [4.69, 9.17) is 4.74 Å². The highest BCUT2D eigenvalue weighted by Crippen LogP contribution is 2.15. The van der Waals surface area contributed by atoms with Gasteiger partial charge in [-0.1, -0.05) is 13.8 Å². The molecule has 0 spiro atoms. The molecule has 0 unspecified atom stereocenters. The lowest BCUT2D eigenvalue weighted by Crippen LogP contribution is -2.07. The smallest absolute Gasteiger partial charge is 0.119 e. The minimum Gasteiger partial charge on any atom is -0.494 e. The van der Waals surface area contributed by atoms with Crippen LogP contribution in [0.3, 0.4) is 0 Å². The molecule has 0 amide bonds. The van der Waals surface area contributed by atoms with E-state index in [1.807, 2.05) is 31.2 Å². The molecule has 0 atom stereocenters. The summed E-state index contributed by atoms with van der Waals surface area (Å²) in [6.45, 7) is 8.11. The molecule has 14 heavy (non-hydrogen) atoms. The van der Waals surface area contributed by atoms with Gasteiger partial charge in [0.15, 0.2) is 0 Å². The zero-order valence-electron chi connectivity index (χ0n) is 9.21. The Morgan fingerprint density at radius 3 is 2.36 bits per heavy atom. The van der Waals surface area contributed by atoms with Crippen LogP contribution in [-0.4, -0.2) is 13.2 Å². The summed E-state index contributed by atoms with van der Waals surface area (Å²) >= 11 is 0. The lowest BCUT2D eigenvalue weighted by atomic mass is 10.2. The van der Waals surface area contributed by atoms with Crippen LogP contribution in [0.15, 0.2) is 24.3 Å². The van der Waals surface area contributed by atoms with E-state index in [-0.39, 0.29) is 0 Å². The van der Waals surface area contributed by atoms with Crippen molar-refractivity contribution in [3.63, 3.8) is 0 Å². The normalized spacial score (nSPS) is 10.3. The Morgan fingerprint density at radius 2 is 1.86 bits per heavy atom. The average molecular weight is 193 g/mol. The summed E-state index contributed by atoms with van der Waals surface area (Å²) < 4.78 is 5.36. The molecule has 0 aliphatic rings. The molecule has 0 fully saturated rings. The molecule has 0 aliphatic heterocycles. The van der Waals surface area contributed by atoms with E-state index >= 15 is 0 Å².